The molecule has 1 heterocycles. The predicted octanol–water partition coefficient (Wildman–Crippen LogP) is 3.93. The first kappa shape index (κ1) is 18.8. The summed E-state index contributed by atoms with van der Waals surface area (Å²) in [7, 11) is 0. The van der Waals surface area contributed by atoms with Crippen molar-refractivity contribution in [3.05, 3.63) is 59.9 Å². The molecule has 1 atom stereocenters. The van der Waals surface area contributed by atoms with E-state index in [0.29, 0.717) is 27.8 Å². The van der Waals surface area contributed by atoms with Crippen molar-refractivity contribution in [1.29, 1.82) is 0 Å². The molecule has 0 bridgehead atoms. The van der Waals surface area contributed by atoms with Crippen LogP contribution in [0, 0.1) is 5.82 Å². The zero-order valence-electron chi connectivity index (χ0n) is 14.7. The summed E-state index contributed by atoms with van der Waals surface area (Å²) in [5.74, 6) is -0.354. The van der Waals surface area contributed by atoms with E-state index in [2.05, 4.69) is 20.5 Å². The molecule has 8 heteroatoms. The quantitative estimate of drug-likeness (QED) is 0.497. The number of anilines is 1. The lowest BCUT2D eigenvalue weighted by atomic mass is 10.1. The molecule has 6 nitrogen and oxygen atoms in total. The van der Waals surface area contributed by atoms with Crippen molar-refractivity contribution in [2.24, 2.45) is 0 Å². The van der Waals surface area contributed by atoms with Crippen molar-refractivity contribution in [1.82, 2.24) is 15.2 Å². The predicted molar refractivity (Wildman–Crippen MR) is 102 cm³/mol. The summed E-state index contributed by atoms with van der Waals surface area (Å²) in [6, 6.07) is 12.9. The Labute approximate surface area is 159 Å². The molecule has 0 radical (unpaired) electrons. The van der Waals surface area contributed by atoms with Crippen LogP contribution < -0.4 is 5.32 Å². The number of Topliss-reactive ketones (excluding diaryl/α,β-unsaturated/α-hetero) is 1. The molecule has 0 aliphatic rings. The minimum Gasteiger partial charge on any atom is -0.325 e. The fraction of sp³-hybridized carbons (Fsp3) is 0.158. The van der Waals surface area contributed by atoms with Gasteiger partial charge in [0.25, 0.3) is 0 Å². The van der Waals surface area contributed by atoms with Crippen LogP contribution in [-0.2, 0) is 4.79 Å². The maximum atomic E-state index is 13.8. The Kier molecular flexibility index (Phi) is 5.66. The number of hydrogen-bond acceptors (Lipinski definition) is 5. The number of aromatic amines is 1. The van der Waals surface area contributed by atoms with Crippen LogP contribution in [0.2, 0.25) is 0 Å². The summed E-state index contributed by atoms with van der Waals surface area (Å²) in [6.45, 7) is 3.21. The van der Waals surface area contributed by atoms with Gasteiger partial charge in [0.1, 0.15) is 5.82 Å². The number of H-pyrrole nitrogens is 1. The third-order valence-corrected chi connectivity index (χ3v) is 4.77. The molecule has 3 aromatic rings. The van der Waals surface area contributed by atoms with Crippen LogP contribution in [0.5, 0.6) is 0 Å². The van der Waals surface area contributed by atoms with E-state index >= 15 is 0 Å². The van der Waals surface area contributed by atoms with Crippen LogP contribution >= 0.6 is 11.8 Å². The smallest absolute Gasteiger partial charge is 0.237 e. The largest absolute Gasteiger partial charge is 0.325 e. The molecule has 2 N–H and O–H groups in total. The van der Waals surface area contributed by atoms with Gasteiger partial charge in [-0.15, -0.1) is 5.10 Å². The molecule has 2 aromatic carbocycles. The number of nitrogens with one attached hydrogen (secondary N) is 2. The highest BCUT2D eigenvalue weighted by Crippen LogP contribution is 2.25. The van der Waals surface area contributed by atoms with Crippen LogP contribution in [-0.4, -0.2) is 32.1 Å². The maximum Gasteiger partial charge on any atom is 0.237 e. The molecule has 0 aliphatic carbocycles. The van der Waals surface area contributed by atoms with Gasteiger partial charge in [0.05, 0.1) is 10.8 Å². The fourth-order valence-corrected chi connectivity index (χ4v) is 3.04. The number of thioether (sulfide) groups is 1. The van der Waals surface area contributed by atoms with Crippen LogP contribution in [0.25, 0.3) is 11.4 Å². The molecule has 138 valence electrons. The number of hydrogen-bond donors (Lipinski definition) is 2. The summed E-state index contributed by atoms with van der Waals surface area (Å²) in [6.07, 6.45) is 0. The van der Waals surface area contributed by atoms with Crippen molar-refractivity contribution in [2.75, 3.05) is 5.32 Å². The number of benzene rings is 2. The summed E-state index contributed by atoms with van der Waals surface area (Å²) in [4.78, 5) is 27.9. The van der Waals surface area contributed by atoms with Crippen molar-refractivity contribution in [3.63, 3.8) is 0 Å². The standard InChI is InChI=1S/C19H17FN4O2S/c1-11(25)13-7-9-14(10-8-13)21-18(26)12(2)27-19-22-17(23-24-19)15-5-3-4-6-16(15)20/h3-10,12H,1-2H3,(H,21,26)(H,22,23,24)/t12-/m0/s1. The van der Waals surface area contributed by atoms with Crippen LogP contribution in [0.1, 0.15) is 24.2 Å². The van der Waals surface area contributed by atoms with Gasteiger partial charge >= 0.3 is 0 Å². The third-order valence-electron chi connectivity index (χ3n) is 3.80. The summed E-state index contributed by atoms with van der Waals surface area (Å²) >= 11 is 1.16. The van der Waals surface area contributed by atoms with Gasteiger partial charge in [-0.1, -0.05) is 23.9 Å². The first-order valence-electron chi connectivity index (χ1n) is 8.20. The molecular formula is C19H17FN4O2S. The molecule has 0 unspecified atom stereocenters. The molecule has 3 rings (SSSR count). The van der Waals surface area contributed by atoms with Gasteiger partial charge in [0.15, 0.2) is 11.6 Å². The van der Waals surface area contributed by atoms with E-state index in [1.807, 2.05) is 0 Å². The van der Waals surface area contributed by atoms with Crippen molar-refractivity contribution < 1.29 is 14.0 Å². The van der Waals surface area contributed by atoms with Crippen LogP contribution in [0.4, 0.5) is 10.1 Å². The molecule has 0 fully saturated rings. The number of halogens is 1. The average Bonchev–Trinajstić information content (AvgIpc) is 3.10. The zero-order chi connectivity index (χ0) is 19.4. The van der Waals surface area contributed by atoms with Crippen LogP contribution in [0.3, 0.4) is 0 Å². The van der Waals surface area contributed by atoms with E-state index in [1.165, 1.54) is 13.0 Å². The summed E-state index contributed by atoms with van der Waals surface area (Å²) < 4.78 is 13.8. The normalized spacial score (nSPS) is 11.8. The maximum absolute atomic E-state index is 13.8. The number of aromatic nitrogens is 3. The zero-order valence-corrected chi connectivity index (χ0v) is 15.5. The SMILES string of the molecule is CC(=O)c1ccc(NC(=O)[C@H](C)Sc2n[nH]c(-c3ccccc3F)n2)cc1. The Morgan fingerprint density at radius 2 is 1.85 bits per heavy atom. The Hall–Kier alpha value is -3.00. The van der Waals surface area contributed by atoms with E-state index < -0.39 is 11.1 Å². The first-order valence-corrected chi connectivity index (χ1v) is 9.08. The number of amides is 1. The number of nitrogens with zero attached hydrogens (tertiary/aromatic N) is 2. The lowest BCUT2D eigenvalue weighted by Crippen LogP contribution is -2.22. The minimum atomic E-state index is -0.471. The van der Waals surface area contributed by atoms with E-state index in [1.54, 1.807) is 49.4 Å². The van der Waals surface area contributed by atoms with Gasteiger partial charge in [-0.05, 0) is 50.2 Å². The molecule has 27 heavy (non-hydrogen) atoms. The summed E-state index contributed by atoms with van der Waals surface area (Å²) in [5.41, 5.74) is 1.50. The van der Waals surface area contributed by atoms with Gasteiger partial charge in [0, 0.05) is 11.3 Å². The Bertz CT molecular complexity index is 972. The second kappa shape index (κ2) is 8.13. The van der Waals surface area contributed by atoms with Gasteiger partial charge < -0.3 is 5.32 Å². The highest BCUT2D eigenvalue weighted by atomic mass is 32.2. The number of rotatable bonds is 6. The second-order valence-electron chi connectivity index (χ2n) is 5.83. The molecule has 0 aliphatic heterocycles. The topological polar surface area (TPSA) is 87.7 Å². The number of carbonyl (C=O) groups is 2. The molecule has 1 amide bonds. The van der Waals surface area contributed by atoms with E-state index in [4.69, 9.17) is 0 Å². The van der Waals surface area contributed by atoms with Gasteiger partial charge in [0.2, 0.25) is 11.1 Å². The Morgan fingerprint density at radius 3 is 2.52 bits per heavy atom. The molecule has 0 saturated carbocycles. The minimum absolute atomic E-state index is 0.0351. The van der Waals surface area contributed by atoms with Crippen molar-refractivity contribution >= 4 is 29.1 Å². The number of carbonyl (C=O) groups excluding carboxylic acids is 2. The average molecular weight is 384 g/mol. The lowest BCUT2D eigenvalue weighted by molar-refractivity contribution is -0.115. The molecular weight excluding hydrogens is 367 g/mol. The van der Waals surface area contributed by atoms with Gasteiger partial charge in [-0.3, -0.25) is 14.7 Å². The first-order chi connectivity index (χ1) is 12.9. The van der Waals surface area contributed by atoms with Gasteiger partial charge in [-0.25, -0.2) is 9.37 Å². The highest BCUT2D eigenvalue weighted by molar-refractivity contribution is 8.00. The Balaban J connectivity index is 1.63. The van der Waals surface area contributed by atoms with Crippen molar-refractivity contribution in [3.8, 4) is 11.4 Å². The molecule has 0 saturated heterocycles. The van der Waals surface area contributed by atoms with E-state index in [9.17, 15) is 14.0 Å². The molecule has 0 spiro atoms. The Morgan fingerprint density at radius 1 is 1.15 bits per heavy atom. The second-order valence-corrected chi connectivity index (χ2v) is 7.14. The highest BCUT2D eigenvalue weighted by Gasteiger charge is 2.18. The third kappa shape index (κ3) is 4.59. The van der Waals surface area contributed by atoms with E-state index in [0.717, 1.165) is 11.8 Å². The van der Waals surface area contributed by atoms with Gasteiger partial charge in [-0.2, -0.15) is 0 Å². The fourth-order valence-electron chi connectivity index (χ4n) is 2.32. The van der Waals surface area contributed by atoms with E-state index in [-0.39, 0.29) is 11.7 Å². The van der Waals surface area contributed by atoms with Crippen LogP contribution in [0.15, 0.2) is 53.7 Å². The monoisotopic (exact) mass is 384 g/mol. The number of ketones is 1. The summed E-state index contributed by atoms with van der Waals surface area (Å²) in [5, 5.41) is 9.38. The van der Waals surface area contributed by atoms with Crippen molar-refractivity contribution in [2.45, 2.75) is 24.3 Å². The molecule has 1 aromatic heterocycles. The lowest BCUT2D eigenvalue weighted by Gasteiger charge is -2.10.